The van der Waals surface area contributed by atoms with Crippen molar-refractivity contribution in [3.05, 3.63) is 64.5 Å². The lowest BCUT2D eigenvalue weighted by atomic mass is 10.00. The molecule has 32 heavy (non-hydrogen) atoms. The molecule has 1 heterocycles. The molecule has 0 radical (unpaired) electrons. The molecule has 0 aliphatic carbocycles. The van der Waals surface area contributed by atoms with Gasteiger partial charge in [-0.3, -0.25) is 4.79 Å². The van der Waals surface area contributed by atoms with Crippen LogP contribution in [0.3, 0.4) is 0 Å². The minimum atomic E-state index is -2.39. The predicted octanol–water partition coefficient (Wildman–Crippen LogP) is 3.77. The number of rotatable bonds is 4. The molecule has 1 aliphatic heterocycles. The first-order valence-electron chi connectivity index (χ1n) is 9.39. The first-order valence-corrected chi connectivity index (χ1v) is 9.39. The van der Waals surface area contributed by atoms with Crippen molar-refractivity contribution < 1.29 is 45.8 Å². The van der Waals surface area contributed by atoms with E-state index in [2.05, 4.69) is 9.47 Å². The predicted molar refractivity (Wildman–Crippen MR) is 98.3 cm³/mol. The van der Waals surface area contributed by atoms with Crippen molar-refractivity contribution in [3.8, 4) is 5.75 Å². The number of methoxy groups -OCH3 is 1. The zero-order valence-electron chi connectivity index (χ0n) is 16.6. The van der Waals surface area contributed by atoms with Crippen molar-refractivity contribution in [3.63, 3.8) is 0 Å². The molecule has 2 aromatic rings. The van der Waals surface area contributed by atoms with Crippen molar-refractivity contribution >= 4 is 17.8 Å². The van der Waals surface area contributed by atoms with Crippen LogP contribution >= 0.6 is 0 Å². The second-order valence-corrected chi connectivity index (χ2v) is 6.90. The van der Waals surface area contributed by atoms with Gasteiger partial charge in [0.2, 0.25) is 34.8 Å². The summed E-state index contributed by atoms with van der Waals surface area (Å²) in [5.74, 6) is -16.0. The summed E-state index contributed by atoms with van der Waals surface area (Å²) in [5, 5.41) is 0. The van der Waals surface area contributed by atoms with Crippen LogP contribution in [0, 0.1) is 29.1 Å². The summed E-state index contributed by atoms with van der Waals surface area (Å²) in [6, 6.07) is 4.12. The highest BCUT2D eigenvalue weighted by atomic mass is 19.2. The van der Waals surface area contributed by atoms with Gasteiger partial charge in [0.05, 0.1) is 12.7 Å². The number of ether oxygens (including phenoxy) is 2. The minimum Gasteiger partial charge on any atom is -0.465 e. The summed E-state index contributed by atoms with van der Waals surface area (Å²) in [6.07, 6.45) is 0.980. The molecular formula is C21H16F5NO5. The maximum Gasteiger partial charge on any atom is 0.337 e. The second kappa shape index (κ2) is 9.33. The van der Waals surface area contributed by atoms with Crippen molar-refractivity contribution in [2.24, 2.45) is 0 Å². The molecule has 1 fully saturated rings. The van der Waals surface area contributed by atoms with E-state index in [9.17, 15) is 36.3 Å². The number of hydrogen-bond donors (Lipinski definition) is 0. The number of benzene rings is 2. The quantitative estimate of drug-likeness (QED) is 0.230. The first-order chi connectivity index (χ1) is 15.2. The third-order valence-electron chi connectivity index (χ3n) is 4.94. The highest BCUT2D eigenvalue weighted by molar-refractivity contribution is 5.99. The lowest BCUT2D eigenvalue weighted by molar-refractivity contribution is -0.141. The molecule has 11 heteroatoms. The van der Waals surface area contributed by atoms with Gasteiger partial charge in [-0.15, -0.1) is 0 Å². The molecule has 170 valence electrons. The van der Waals surface area contributed by atoms with Crippen LogP contribution in [0.15, 0.2) is 24.3 Å². The molecule has 0 aromatic heterocycles. The van der Waals surface area contributed by atoms with Crippen LogP contribution in [0.5, 0.6) is 5.75 Å². The van der Waals surface area contributed by atoms with Gasteiger partial charge in [-0.05, 0) is 37.5 Å². The van der Waals surface area contributed by atoms with Crippen LogP contribution in [-0.4, -0.2) is 42.4 Å². The van der Waals surface area contributed by atoms with Gasteiger partial charge in [-0.25, -0.2) is 22.8 Å². The molecule has 6 nitrogen and oxygen atoms in total. The third-order valence-corrected chi connectivity index (χ3v) is 4.94. The topological polar surface area (TPSA) is 72.9 Å². The maximum atomic E-state index is 13.9. The Labute approximate surface area is 178 Å². The average molecular weight is 457 g/mol. The summed E-state index contributed by atoms with van der Waals surface area (Å²) < 4.78 is 76.9. The minimum absolute atomic E-state index is 0.0313. The fourth-order valence-corrected chi connectivity index (χ4v) is 3.33. The largest absolute Gasteiger partial charge is 0.465 e. The summed E-state index contributed by atoms with van der Waals surface area (Å²) in [7, 11) is 1.16. The van der Waals surface area contributed by atoms with Crippen molar-refractivity contribution in [2.75, 3.05) is 13.7 Å². The highest BCUT2D eigenvalue weighted by Crippen LogP contribution is 2.30. The fourth-order valence-electron chi connectivity index (χ4n) is 3.33. The van der Waals surface area contributed by atoms with E-state index in [1.807, 2.05) is 0 Å². The molecule has 1 amide bonds. The van der Waals surface area contributed by atoms with E-state index in [0.717, 1.165) is 12.0 Å². The van der Waals surface area contributed by atoms with Crippen LogP contribution in [-0.2, 0) is 9.53 Å². The standard InChI is InChI=1S/C21H16F5NO5/c1-31-20(29)11-6-4-5-10(9-11)19(28)27-8-3-2-7-12(27)21(30)32-18-16(25)14(23)13(22)15(24)17(18)26/h4-6,9,12H,2-3,7-8H2,1H3. The van der Waals surface area contributed by atoms with E-state index in [-0.39, 0.29) is 24.1 Å². The number of esters is 2. The van der Waals surface area contributed by atoms with Gasteiger partial charge >= 0.3 is 11.9 Å². The summed E-state index contributed by atoms with van der Waals surface area (Å²) >= 11 is 0. The summed E-state index contributed by atoms with van der Waals surface area (Å²) in [5.41, 5.74) is 0.111. The molecule has 1 atom stereocenters. The molecule has 0 N–H and O–H groups in total. The Morgan fingerprint density at radius 3 is 2.12 bits per heavy atom. The molecular weight excluding hydrogens is 441 g/mol. The SMILES string of the molecule is COC(=O)c1cccc(C(=O)N2CCCCC2C(=O)Oc2c(F)c(F)c(F)c(F)c2F)c1. The Balaban J connectivity index is 1.88. The number of carbonyl (C=O) groups excluding carboxylic acids is 3. The van der Waals surface area contributed by atoms with Gasteiger partial charge in [0.25, 0.3) is 5.91 Å². The Kier molecular flexibility index (Phi) is 6.75. The van der Waals surface area contributed by atoms with Crippen LogP contribution < -0.4 is 4.74 Å². The molecule has 3 rings (SSSR count). The van der Waals surface area contributed by atoms with E-state index in [0.29, 0.717) is 12.8 Å². The van der Waals surface area contributed by atoms with Crippen LogP contribution in [0.25, 0.3) is 0 Å². The van der Waals surface area contributed by atoms with E-state index in [4.69, 9.17) is 0 Å². The van der Waals surface area contributed by atoms with E-state index >= 15 is 0 Å². The summed E-state index contributed by atoms with van der Waals surface area (Å²) in [4.78, 5) is 38.3. The molecule has 1 saturated heterocycles. The van der Waals surface area contributed by atoms with Crippen molar-refractivity contribution in [1.82, 2.24) is 4.90 Å². The average Bonchev–Trinajstić information content (AvgIpc) is 2.83. The highest BCUT2D eigenvalue weighted by Gasteiger charge is 2.36. The monoisotopic (exact) mass is 457 g/mol. The normalized spacial score (nSPS) is 15.9. The lowest BCUT2D eigenvalue weighted by Gasteiger charge is -2.34. The zero-order chi connectivity index (χ0) is 23.6. The van der Waals surface area contributed by atoms with E-state index in [1.54, 1.807) is 0 Å². The van der Waals surface area contributed by atoms with Gasteiger partial charge in [-0.2, -0.15) is 8.78 Å². The molecule has 1 unspecified atom stereocenters. The Bertz CT molecular complexity index is 1060. The molecule has 1 aliphatic rings. The fraction of sp³-hybridized carbons (Fsp3) is 0.286. The molecule has 0 saturated carbocycles. The number of likely N-dealkylation sites (tertiary alicyclic amines) is 1. The molecule has 0 bridgehead atoms. The number of piperidine rings is 1. The summed E-state index contributed by atoms with van der Waals surface area (Å²) in [6.45, 7) is 0.0676. The maximum absolute atomic E-state index is 13.9. The third kappa shape index (κ3) is 4.27. The number of carbonyl (C=O) groups is 3. The Morgan fingerprint density at radius 2 is 1.50 bits per heavy atom. The zero-order valence-corrected chi connectivity index (χ0v) is 16.6. The van der Waals surface area contributed by atoms with Crippen LogP contribution in [0.4, 0.5) is 22.0 Å². The van der Waals surface area contributed by atoms with E-state index in [1.165, 1.54) is 24.3 Å². The van der Waals surface area contributed by atoms with Crippen molar-refractivity contribution in [1.29, 1.82) is 0 Å². The van der Waals surface area contributed by atoms with Crippen LogP contribution in [0.2, 0.25) is 0 Å². The lowest BCUT2D eigenvalue weighted by Crippen LogP contribution is -2.49. The number of hydrogen-bond acceptors (Lipinski definition) is 5. The van der Waals surface area contributed by atoms with Crippen LogP contribution in [0.1, 0.15) is 40.0 Å². The Morgan fingerprint density at radius 1 is 0.906 bits per heavy atom. The number of amides is 1. The van der Waals surface area contributed by atoms with Gasteiger partial charge < -0.3 is 14.4 Å². The smallest absolute Gasteiger partial charge is 0.337 e. The second-order valence-electron chi connectivity index (χ2n) is 6.90. The van der Waals surface area contributed by atoms with Gasteiger partial charge in [0, 0.05) is 12.1 Å². The van der Waals surface area contributed by atoms with Gasteiger partial charge in [0.1, 0.15) is 6.04 Å². The number of nitrogens with zero attached hydrogens (tertiary/aromatic N) is 1. The van der Waals surface area contributed by atoms with E-state index < -0.39 is 58.7 Å². The Hall–Kier alpha value is -3.50. The number of halogens is 5. The first kappa shape index (κ1) is 23.2. The van der Waals surface area contributed by atoms with Gasteiger partial charge in [-0.1, -0.05) is 6.07 Å². The molecule has 0 spiro atoms. The van der Waals surface area contributed by atoms with Crippen molar-refractivity contribution in [2.45, 2.75) is 25.3 Å². The van der Waals surface area contributed by atoms with Gasteiger partial charge in [0.15, 0.2) is 0 Å². The molecule has 2 aromatic carbocycles.